The molecule has 2 rings (SSSR count). The van der Waals surface area contributed by atoms with Crippen LogP contribution in [0.4, 0.5) is 4.39 Å². The zero-order valence-electron chi connectivity index (χ0n) is 14.2. The van der Waals surface area contributed by atoms with Gasteiger partial charge in [-0.3, -0.25) is 4.99 Å². The summed E-state index contributed by atoms with van der Waals surface area (Å²) < 4.78 is 19.1. The third kappa shape index (κ3) is 6.18. The van der Waals surface area contributed by atoms with Gasteiger partial charge < -0.3 is 15.4 Å². The molecule has 0 atom stereocenters. The molecule has 1 aromatic carbocycles. The highest BCUT2D eigenvalue weighted by atomic mass is 19.1. The van der Waals surface area contributed by atoms with E-state index in [1.807, 2.05) is 6.07 Å². The van der Waals surface area contributed by atoms with Crippen molar-refractivity contribution in [3.05, 3.63) is 35.1 Å². The quantitative estimate of drug-likeness (QED) is 0.461. The molecule has 4 nitrogen and oxygen atoms in total. The van der Waals surface area contributed by atoms with E-state index in [1.54, 1.807) is 20.0 Å². The summed E-state index contributed by atoms with van der Waals surface area (Å²) in [5.74, 6) is 0.589. The SMILES string of the molecule is CN=C(NCCCOC1CCCC1)NCc1ccc(F)c(C)c1. The normalized spacial score (nSPS) is 15.9. The van der Waals surface area contributed by atoms with Crippen LogP contribution >= 0.6 is 0 Å². The molecule has 0 aliphatic heterocycles. The van der Waals surface area contributed by atoms with Crippen LogP contribution in [0.25, 0.3) is 0 Å². The minimum absolute atomic E-state index is 0.168. The van der Waals surface area contributed by atoms with Gasteiger partial charge in [0.1, 0.15) is 5.82 Å². The van der Waals surface area contributed by atoms with Gasteiger partial charge in [-0.15, -0.1) is 0 Å². The Morgan fingerprint density at radius 2 is 2.09 bits per heavy atom. The van der Waals surface area contributed by atoms with Crippen LogP contribution in [0.15, 0.2) is 23.2 Å². The number of halogens is 1. The van der Waals surface area contributed by atoms with Crippen LogP contribution in [0.3, 0.4) is 0 Å². The molecule has 0 spiro atoms. The first-order valence-electron chi connectivity index (χ1n) is 8.50. The maximum absolute atomic E-state index is 13.2. The summed E-state index contributed by atoms with van der Waals surface area (Å²) in [6.07, 6.45) is 6.49. The van der Waals surface area contributed by atoms with E-state index in [4.69, 9.17) is 4.74 Å². The zero-order valence-corrected chi connectivity index (χ0v) is 14.2. The lowest BCUT2D eigenvalue weighted by Gasteiger charge is -2.14. The van der Waals surface area contributed by atoms with Gasteiger partial charge >= 0.3 is 0 Å². The molecule has 0 unspecified atom stereocenters. The van der Waals surface area contributed by atoms with Crippen molar-refractivity contribution in [3.8, 4) is 0 Å². The Morgan fingerprint density at radius 3 is 2.78 bits per heavy atom. The minimum atomic E-state index is -0.168. The average Bonchev–Trinajstić information content (AvgIpc) is 3.06. The van der Waals surface area contributed by atoms with E-state index in [-0.39, 0.29) is 5.82 Å². The standard InChI is InChI=1S/C18H28FN3O/c1-14-12-15(8-9-17(14)19)13-22-18(20-2)21-10-5-11-23-16-6-3-4-7-16/h8-9,12,16H,3-7,10-11,13H2,1-2H3,(H2,20,21,22). The molecule has 0 amide bonds. The molecule has 5 heteroatoms. The first kappa shape index (κ1) is 17.7. The molecule has 1 saturated carbocycles. The number of aliphatic imine (C=N–C) groups is 1. The lowest BCUT2D eigenvalue weighted by atomic mass is 10.1. The summed E-state index contributed by atoms with van der Waals surface area (Å²) in [6, 6.07) is 5.14. The molecule has 1 fully saturated rings. The molecule has 1 aromatic rings. The summed E-state index contributed by atoms with van der Waals surface area (Å²) in [6.45, 7) is 4.02. The van der Waals surface area contributed by atoms with Gasteiger partial charge in [0, 0.05) is 26.7 Å². The summed E-state index contributed by atoms with van der Waals surface area (Å²) >= 11 is 0. The minimum Gasteiger partial charge on any atom is -0.378 e. The third-order valence-corrected chi connectivity index (χ3v) is 4.18. The lowest BCUT2D eigenvalue weighted by Crippen LogP contribution is -2.37. The average molecular weight is 321 g/mol. The van der Waals surface area contributed by atoms with Crippen LogP contribution in [0.5, 0.6) is 0 Å². The van der Waals surface area contributed by atoms with E-state index in [0.717, 1.165) is 31.1 Å². The molecule has 0 radical (unpaired) electrons. The first-order chi connectivity index (χ1) is 11.2. The molecule has 1 aliphatic carbocycles. The molecule has 1 aliphatic rings. The van der Waals surface area contributed by atoms with Gasteiger partial charge in [-0.2, -0.15) is 0 Å². The molecule has 2 N–H and O–H groups in total. The van der Waals surface area contributed by atoms with Crippen LogP contribution in [-0.2, 0) is 11.3 Å². The van der Waals surface area contributed by atoms with Gasteiger partial charge in [0.05, 0.1) is 6.10 Å². The molecule has 23 heavy (non-hydrogen) atoms. The van der Waals surface area contributed by atoms with Gasteiger partial charge in [-0.25, -0.2) is 4.39 Å². The topological polar surface area (TPSA) is 45.7 Å². The fraction of sp³-hybridized carbons (Fsp3) is 0.611. The van der Waals surface area contributed by atoms with E-state index in [2.05, 4.69) is 15.6 Å². The number of guanidine groups is 1. The van der Waals surface area contributed by atoms with Crippen molar-refractivity contribution in [1.82, 2.24) is 10.6 Å². The highest BCUT2D eigenvalue weighted by Gasteiger charge is 2.14. The highest BCUT2D eigenvalue weighted by Crippen LogP contribution is 2.20. The fourth-order valence-corrected chi connectivity index (χ4v) is 2.81. The summed E-state index contributed by atoms with van der Waals surface area (Å²) in [5.41, 5.74) is 1.70. The second-order valence-corrected chi connectivity index (χ2v) is 6.07. The number of benzene rings is 1. The number of rotatable bonds is 7. The second kappa shape index (κ2) is 9.50. The number of ether oxygens (including phenoxy) is 1. The van der Waals surface area contributed by atoms with Crippen molar-refractivity contribution in [2.75, 3.05) is 20.2 Å². The zero-order chi connectivity index (χ0) is 16.5. The third-order valence-electron chi connectivity index (χ3n) is 4.18. The van der Waals surface area contributed by atoms with Crippen molar-refractivity contribution in [2.24, 2.45) is 4.99 Å². The van der Waals surface area contributed by atoms with Crippen LogP contribution in [-0.4, -0.2) is 32.3 Å². The van der Waals surface area contributed by atoms with Gasteiger partial charge in [-0.05, 0) is 43.4 Å². The Hall–Kier alpha value is -1.62. The van der Waals surface area contributed by atoms with Crippen LogP contribution in [0.1, 0.15) is 43.2 Å². The van der Waals surface area contributed by atoms with Gasteiger partial charge in [0.2, 0.25) is 0 Å². The predicted octanol–water partition coefficient (Wildman–Crippen LogP) is 3.15. The molecule has 0 bridgehead atoms. The van der Waals surface area contributed by atoms with E-state index in [9.17, 15) is 4.39 Å². The van der Waals surface area contributed by atoms with Crippen LogP contribution in [0.2, 0.25) is 0 Å². The predicted molar refractivity (Wildman–Crippen MR) is 92.2 cm³/mol. The van der Waals surface area contributed by atoms with E-state index in [0.29, 0.717) is 18.2 Å². The van der Waals surface area contributed by atoms with E-state index in [1.165, 1.54) is 31.7 Å². The Kier molecular flexibility index (Phi) is 7.33. The Morgan fingerprint density at radius 1 is 1.30 bits per heavy atom. The fourth-order valence-electron chi connectivity index (χ4n) is 2.81. The van der Waals surface area contributed by atoms with Gasteiger partial charge in [0.15, 0.2) is 5.96 Å². The number of aryl methyl sites for hydroxylation is 1. The smallest absolute Gasteiger partial charge is 0.191 e. The second-order valence-electron chi connectivity index (χ2n) is 6.07. The first-order valence-corrected chi connectivity index (χ1v) is 8.50. The summed E-state index contributed by atoms with van der Waals surface area (Å²) in [5, 5.41) is 6.52. The van der Waals surface area contributed by atoms with E-state index < -0.39 is 0 Å². The number of nitrogens with zero attached hydrogens (tertiary/aromatic N) is 1. The van der Waals surface area contributed by atoms with Crippen LogP contribution < -0.4 is 10.6 Å². The molecule has 0 heterocycles. The van der Waals surface area contributed by atoms with Crippen molar-refractivity contribution in [3.63, 3.8) is 0 Å². The van der Waals surface area contributed by atoms with Crippen molar-refractivity contribution in [1.29, 1.82) is 0 Å². The Balaban J connectivity index is 1.61. The van der Waals surface area contributed by atoms with Gasteiger partial charge in [-0.1, -0.05) is 25.0 Å². The molecule has 0 saturated heterocycles. The Bertz CT molecular complexity index is 513. The number of hydrogen-bond acceptors (Lipinski definition) is 2. The van der Waals surface area contributed by atoms with Crippen LogP contribution in [0, 0.1) is 12.7 Å². The molecule has 128 valence electrons. The number of nitrogens with one attached hydrogen (secondary N) is 2. The lowest BCUT2D eigenvalue weighted by molar-refractivity contribution is 0.0574. The van der Waals surface area contributed by atoms with Crippen molar-refractivity contribution < 1.29 is 9.13 Å². The Labute approximate surface area is 138 Å². The van der Waals surface area contributed by atoms with Crippen molar-refractivity contribution in [2.45, 2.75) is 51.7 Å². The van der Waals surface area contributed by atoms with E-state index >= 15 is 0 Å². The monoisotopic (exact) mass is 321 g/mol. The van der Waals surface area contributed by atoms with Gasteiger partial charge in [0.25, 0.3) is 0 Å². The number of hydrogen-bond donors (Lipinski definition) is 2. The maximum atomic E-state index is 13.2. The molecular weight excluding hydrogens is 293 g/mol. The van der Waals surface area contributed by atoms with Crippen molar-refractivity contribution >= 4 is 5.96 Å². The molecule has 0 aromatic heterocycles. The summed E-state index contributed by atoms with van der Waals surface area (Å²) in [7, 11) is 1.75. The summed E-state index contributed by atoms with van der Waals surface area (Å²) in [4.78, 5) is 4.20. The molecular formula is C18H28FN3O. The highest BCUT2D eigenvalue weighted by molar-refractivity contribution is 5.79. The largest absolute Gasteiger partial charge is 0.378 e. The maximum Gasteiger partial charge on any atom is 0.191 e.